The van der Waals surface area contributed by atoms with Gasteiger partial charge in [0.05, 0.1) is 16.6 Å². The Morgan fingerprint density at radius 2 is 2.13 bits per heavy atom. The molecule has 1 N–H and O–H groups in total. The van der Waals surface area contributed by atoms with Gasteiger partial charge < -0.3 is 5.32 Å². The van der Waals surface area contributed by atoms with Crippen LogP contribution in [0.25, 0.3) is 10.9 Å². The van der Waals surface area contributed by atoms with Crippen molar-refractivity contribution < 1.29 is 4.79 Å². The number of hydrogen-bond acceptors (Lipinski definition) is 4. The molecule has 0 aliphatic rings. The molecule has 1 atom stereocenters. The summed E-state index contributed by atoms with van der Waals surface area (Å²) in [7, 11) is 0. The predicted octanol–water partition coefficient (Wildman–Crippen LogP) is 3.67. The van der Waals surface area contributed by atoms with E-state index < -0.39 is 0 Å². The molecule has 23 heavy (non-hydrogen) atoms. The molecule has 4 nitrogen and oxygen atoms in total. The van der Waals surface area contributed by atoms with Gasteiger partial charge in [-0.3, -0.25) is 14.8 Å². The lowest BCUT2D eigenvalue weighted by Gasteiger charge is -2.14. The lowest BCUT2D eigenvalue weighted by atomic mass is 10.0. The standard InChI is InChI=1S/C18H19N3OS/c1-11-4-5-17-15(6-11)16(8-13(3)20-17)18(22)21-12(2)7-14-9-19-10-23-14/h4-6,8-10,12H,7H2,1-3H3,(H,21,22). The van der Waals surface area contributed by atoms with E-state index in [1.165, 1.54) is 4.88 Å². The van der Waals surface area contributed by atoms with Crippen molar-refractivity contribution in [3.63, 3.8) is 0 Å². The first-order valence-corrected chi connectivity index (χ1v) is 8.47. The van der Waals surface area contributed by atoms with E-state index in [9.17, 15) is 4.79 Å². The van der Waals surface area contributed by atoms with Crippen molar-refractivity contribution in [2.24, 2.45) is 0 Å². The van der Waals surface area contributed by atoms with Crippen molar-refractivity contribution in [1.82, 2.24) is 15.3 Å². The van der Waals surface area contributed by atoms with Crippen LogP contribution in [0.1, 0.15) is 33.4 Å². The lowest BCUT2D eigenvalue weighted by Crippen LogP contribution is -2.34. The predicted molar refractivity (Wildman–Crippen MR) is 94.0 cm³/mol. The van der Waals surface area contributed by atoms with Crippen LogP contribution in [-0.4, -0.2) is 21.9 Å². The summed E-state index contributed by atoms with van der Waals surface area (Å²) in [5.41, 5.74) is 5.33. The molecule has 0 saturated heterocycles. The highest BCUT2D eigenvalue weighted by Crippen LogP contribution is 2.20. The minimum Gasteiger partial charge on any atom is -0.349 e. The first-order valence-electron chi connectivity index (χ1n) is 7.59. The molecule has 0 saturated carbocycles. The van der Waals surface area contributed by atoms with Crippen LogP contribution < -0.4 is 5.32 Å². The van der Waals surface area contributed by atoms with Gasteiger partial charge in [0.15, 0.2) is 0 Å². The minimum atomic E-state index is -0.0527. The zero-order valence-corrected chi connectivity index (χ0v) is 14.3. The third-order valence-electron chi connectivity index (χ3n) is 3.71. The number of amides is 1. The van der Waals surface area contributed by atoms with Gasteiger partial charge in [-0.1, -0.05) is 11.6 Å². The minimum absolute atomic E-state index is 0.0521. The maximum atomic E-state index is 12.7. The van der Waals surface area contributed by atoms with E-state index in [4.69, 9.17) is 0 Å². The molecule has 0 aliphatic heterocycles. The van der Waals surface area contributed by atoms with E-state index in [-0.39, 0.29) is 11.9 Å². The maximum Gasteiger partial charge on any atom is 0.252 e. The zero-order valence-electron chi connectivity index (χ0n) is 13.5. The van der Waals surface area contributed by atoms with E-state index >= 15 is 0 Å². The number of benzene rings is 1. The van der Waals surface area contributed by atoms with Gasteiger partial charge in [-0.2, -0.15) is 0 Å². The Morgan fingerprint density at radius 3 is 2.87 bits per heavy atom. The fourth-order valence-electron chi connectivity index (χ4n) is 2.66. The zero-order chi connectivity index (χ0) is 16.4. The quantitative estimate of drug-likeness (QED) is 0.796. The highest BCUT2D eigenvalue weighted by molar-refractivity contribution is 7.09. The first-order chi connectivity index (χ1) is 11.0. The van der Waals surface area contributed by atoms with Crippen molar-refractivity contribution in [2.75, 3.05) is 0 Å². The highest BCUT2D eigenvalue weighted by atomic mass is 32.1. The van der Waals surface area contributed by atoms with Gasteiger partial charge in [0, 0.05) is 34.6 Å². The molecule has 0 fully saturated rings. The molecule has 1 unspecified atom stereocenters. The number of hydrogen-bond donors (Lipinski definition) is 1. The fraction of sp³-hybridized carbons (Fsp3) is 0.278. The third kappa shape index (κ3) is 3.56. The Kier molecular flexibility index (Phi) is 4.39. The van der Waals surface area contributed by atoms with Gasteiger partial charge in [-0.15, -0.1) is 11.3 Å². The van der Waals surface area contributed by atoms with Crippen molar-refractivity contribution >= 4 is 28.1 Å². The number of aryl methyl sites for hydroxylation is 2. The number of aromatic nitrogens is 2. The smallest absolute Gasteiger partial charge is 0.252 e. The number of carbonyl (C=O) groups excluding carboxylic acids is 1. The summed E-state index contributed by atoms with van der Waals surface area (Å²) in [6, 6.07) is 7.91. The molecular formula is C18H19N3OS. The SMILES string of the molecule is Cc1ccc2nc(C)cc(C(=O)NC(C)Cc3cncs3)c2c1. The van der Waals surface area contributed by atoms with Crippen molar-refractivity contribution in [3.05, 3.63) is 57.7 Å². The number of nitrogens with one attached hydrogen (secondary N) is 1. The van der Waals surface area contributed by atoms with E-state index in [0.717, 1.165) is 28.6 Å². The van der Waals surface area contributed by atoms with Gasteiger partial charge in [0.25, 0.3) is 5.91 Å². The van der Waals surface area contributed by atoms with Gasteiger partial charge >= 0.3 is 0 Å². The Balaban J connectivity index is 1.86. The van der Waals surface area contributed by atoms with E-state index in [0.29, 0.717) is 5.56 Å². The second-order valence-electron chi connectivity index (χ2n) is 5.88. The van der Waals surface area contributed by atoms with E-state index in [1.807, 2.05) is 56.7 Å². The molecule has 0 spiro atoms. The summed E-state index contributed by atoms with van der Waals surface area (Å²) in [5, 5.41) is 3.99. The van der Waals surface area contributed by atoms with Crippen molar-refractivity contribution in [1.29, 1.82) is 0 Å². The highest BCUT2D eigenvalue weighted by Gasteiger charge is 2.15. The molecule has 118 valence electrons. The first kappa shape index (κ1) is 15.6. The molecule has 2 aromatic heterocycles. The number of carbonyl (C=O) groups is 1. The van der Waals surface area contributed by atoms with Gasteiger partial charge in [-0.25, -0.2) is 0 Å². The topological polar surface area (TPSA) is 54.9 Å². The number of fused-ring (bicyclic) bond motifs is 1. The van der Waals surface area contributed by atoms with Crippen LogP contribution in [0.15, 0.2) is 36.0 Å². The van der Waals surface area contributed by atoms with E-state index in [2.05, 4.69) is 15.3 Å². The maximum absolute atomic E-state index is 12.7. The van der Waals surface area contributed by atoms with Crippen molar-refractivity contribution in [2.45, 2.75) is 33.2 Å². The molecule has 3 rings (SSSR count). The van der Waals surface area contributed by atoms with Gasteiger partial charge in [-0.05, 0) is 39.0 Å². The Bertz CT molecular complexity index is 843. The fourth-order valence-corrected chi connectivity index (χ4v) is 3.38. The summed E-state index contributed by atoms with van der Waals surface area (Å²) >= 11 is 1.61. The molecule has 1 aromatic carbocycles. The largest absolute Gasteiger partial charge is 0.349 e. The summed E-state index contributed by atoms with van der Waals surface area (Å²) in [6.45, 7) is 5.95. The molecule has 3 aromatic rings. The van der Waals surface area contributed by atoms with Crippen LogP contribution in [0.4, 0.5) is 0 Å². The second-order valence-corrected chi connectivity index (χ2v) is 6.85. The second kappa shape index (κ2) is 6.46. The number of nitrogens with zero attached hydrogens (tertiary/aromatic N) is 2. The molecular weight excluding hydrogens is 306 g/mol. The number of thiazole rings is 1. The third-order valence-corrected chi connectivity index (χ3v) is 4.51. The average molecular weight is 325 g/mol. The molecule has 0 aliphatic carbocycles. The van der Waals surface area contributed by atoms with Crippen LogP contribution in [-0.2, 0) is 6.42 Å². The summed E-state index contributed by atoms with van der Waals surface area (Å²) in [5.74, 6) is -0.0527. The molecule has 0 bridgehead atoms. The Labute approximate surface area is 139 Å². The molecule has 1 amide bonds. The van der Waals surface area contributed by atoms with E-state index in [1.54, 1.807) is 11.3 Å². The Hall–Kier alpha value is -2.27. The van der Waals surface area contributed by atoms with Gasteiger partial charge in [0.1, 0.15) is 0 Å². The summed E-state index contributed by atoms with van der Waals surface area (Å²) in [6.07, 6.45) is 2.64. The van der Waals surface area contributed by atoms with Crippen LogP contribution in [0.3, 0.4) is 0 Å². The van der Waals surface area contributed by atoms with Crippen molar-refractivity contribution in [3.8, 4) is 0 Å². The normalized spacial score (nSPS) is 12.3. The molecule has 5 heteroatoms. The lowest BCUT2D eigenvalue weighted by molar-refractivity contribution is 0.0941. The van der Waals surface area contributed by atoms with Crippen LogP contribution >= 0.6 is 11.3 Å². The number of rotatable bonds is 4. The summed E-state index contributed by atoms with van der Waals surface area (Å²) < 4.78 is 0. The van der Waals surface area contributed by atoms with Gasteiger partial charge in [0.2, 0.25) is 0 Å². The van der Waals surface area contributed by atoms with Crippen LogP contribution in [0.2, 0.25) is 0 Å². The number of pyridine rings is 1. The molecule has 0 radical (unpaired) electrons. The van der Waals surface area contributed by atoms with Crippen LogP contribution in [0, 0.1) is 13.8 Å². The average Bonchev–Trinajstić information content (AvgIpc) is 2.99. The monoisotopic (exact) mass is 325 g/mol. The molecule has 2 heterocycles. The Morgan fingerprint density at radius 1 is 1.30 bits per heavy atom. The van der Waals surface area contributed by atoms with Crippen LogP contribution in [0.5, 0.6) is 0 Å². The summed E-state index contributed by atoms with van der Waals surface area (Å²) in [4.78, 5) is 22.5.